The average Bonchev–Trinajstić information content (AvgIpc) is 2.79. The fraction of sp³-hybridized carbons (Fsp3) is 0.600. The lowest BCUT2D eigenvalue weighted by atomic mass is 10.0. The van der Waals surface area contributed by atoms with Gasteiger partial charge in [-0.1, -0.05) is 24.3 Å². The van der Waals surface area contributed by atoms with Gasteiger partial charge in [-0.25, -0.2) is 13.1 Å². The van der Waals surface area contributed by atoms with Crippen molar-refractivity contribution in [2.45, 2.75) is 38.7 Å². The van der Waals surface area contributed by atoms with Crippen molar-refractivity contribution in [1.29, 1.82) is 0 Å². The molecule has 2 rings (SSSR count). The van der Waals surface area contributed by atoms with Crippen LogP contribution in [-0.2, 0) is 21.2 Å². The third-order valence-electron chi connectivity index (χ3n) is 3.61. The molecule has 5 heteroatoms. The van der Waals surface area contributed by atoms with Gasteiger partial charge in [-0.15, -0.1) is 0 Å². The molecule has 1 aromatic carbocycles. The Bertz CT molecular complexity index is 540. The van der Waals surface area contributed by atoms with Gasteiger partial charge in [0.1, 0.15) is 0 Å². The Morgan fingerprint density at radius 2 is 2.10 bits per heavy atom. The van der Waals surface area contributed by atoms with Gasteiger partial charge in [0.15, 0.2) is 0 Å². The van der Waals surface area contributed by atoms with Crippen LogP contribution in [0.1, 0.15) is 37.3 Å². The summed E-state index contributed by atoms with van der Waals surface area (Å²) >= 11 is 0. The number of sulfonamides is 1. The molecular weight excluding hydrogens is 274 g/mol. The lowest BCUT2D eigenvalue weighted by Crippen LogP contribution is -2.32. The molecule has 0 radical (unpaired) electrons. The monoisotopic (exact) mass is 297 g/mol. The third-order valence-corrected chi connectivity index (χ3v) is 4.92. The molecule has 0 aromatic heterocycles. The molecule has 1 aromatic rings. The first-order valence-corrected chi connectivity index (χ1v) is 8.80. The number of hydrogen-bond acceptors (Lipinski definition) is 3. The van der Waals surface area contributed by atoms with Crippen molar-refractivity contribution in [1.82, 2.24) is 4.72 Å². The summed E-state index contributed by atoms with van der Waals surface area (Å²) in [6, 6.07) is 8.28. The molecule has 0 spiro atoms. The first kappa shape index (κ1) is 15.5. The quantitative estimate of drug-likeness (QED) is 0.838. The van der Waals surface area contributed by atoms with E-state index in [-0.39, 0.29) is 18.5 Å². The molecule has 1 atom stereocenters. The molecule has 0 fully saturated rings. The summed E-state index contributed by atoms with van der Waals surface area (Å²) in [5, 5.41) is 0. The number of aryl methyl sites for hydroxylation is 1. The molecule has 0 unspecified atom stereocenters. The number of benzene rings is 1. The zero-order valence-corrected chi connectivity index (χ0v) is 12.9. The van der Waals surface area contributed by atoms with Crippen molar-refractivity contribution in [3.8, 4) is 0 Å². The normalized spacial score (nSPS) is 18.4. The number of ether oxygens (including phenoxy) is 1. The van der Waals surface area contributed by atoms with Crippen molar-refractivity contribution in [3.05, 3.63) is 35.4 Å². The zero-order chi connectivity index (χ0) is 14.6. The topological polar surface area (TPSA) is 55.4 Å². The maximum Gasteiger partial charge on any atom is 0.213 e. The summed E-state index contributed by atoms with van der Waals surface area (Å²) in [6.45, 7) is 4.53. The van der Waals surface area contributed by atoms with Gasteiger partial charge in [0.2, 0.25) is 10.0 Å². The third kappa shape index (κ3) is 4.30. The zero-order valence-electron chi connectivity index (χ0n) is 12.1. The second-order valence-corrected chi connectivity index (χ2v) is 7.45. The van der Waals surface area contributed by atoms with E-state index in [1.54, 1.807) is 0 Å². The van der Waals surface area contributed by atoms with Gasteiger partial charge in [-0.05, 0) is 43.7 Å². The highest BCUT2D eigenvalue weighted by atomic mass is 32.2. The fourth-order valence-electron chi connectivity index (χ4n) is 2.55. The van der Waals surface area contributed by atoms with Crippen LogP contribution in [-0.4, -0.2) is 33.4 Å². The van der Waals surface area contributed by atoms with E-state index in [1.165, 1.54) is 11.1 Å². The molecule has 1 N–H and O–H groups in total. The van der Waals surface area contributed by atoms with Gasteiger partial charge >= 0.3 is 0 Å². The fourth-order valence-corrected chi connectivity index (χ4v) is 3.47. The van der Waals surface area contributed by atoms with Gasteiger partial charge in [0.05, 0.1) is 18.5 Å². The second-order valence-electron chi connectivity index (χ2n) is 5.52. The van der Waals surface area contributed by atoms with Crippen LogP contribution in [0.4, 0.5) is 0 Å². The van der Waals surface area contributed by atoms with Crippen molar-refractivity contribution < 1.29 is 13.2 Å². The van der Waals surface area contributed by atoms with Gasteiger partial charge in [-0.2, -0.15) is 0 Å². The van der Waals surface area contributed by atoms with Crippen LogP contribution in [0.15, 0.2) is 24.3 Å². The Kier molecular flexibility index (Phi) is 5.18. The van der Waals surface area contributed by atoms with E-state index < -0.39 is 10.0 Å². The first-order valence-electron chi connectivity index (χ1n) is 7.14. The van der Waals surface area contributed by atoms with Gasteiger partial charge < -0.3 is 4.74 Å². The standard InChI is InChI=1S/C15H23NO3S/c1-12(2)19-9-10-20(17,18)16-11-14-8-7-13-5-3-4-6-15(13)14/h3-6,12,14,16H,7-11H2,1-2H3/t14-/m1/s1. The number of rotatable bonds is 7. The van der Waals surface area contributed by atoms with E-state index >= 15 is 0 Å². The highest BCUT2D eigenvalue weighted by Crippen LogP contribution is 2.32. The largest absolute Gasteiger partial charge is 0.378 e. The highest BCUT2D eigenvalue weighted by molar-refractivity contribution is 7.89. The Morgan fingerprint density at radius 1 is 1.35 bits per heavy atom. The minimum atomic E-state index is -3.24. The summed E-state index contributed by atoms with van der Waals surface area (Å²) in [6.07, 6.45) is 2.12. The molecule has 0 bridgehead atoms. The van der Waals surface area contributed by atoms with E-state index in [1.807, 2.05) is 26.0 Å². The van der Waals surface area contributed by atoms with Crippen molar-refractivity contribution in [3.63, 3.8) is 0 Å². The first-order chi connectivity index (χ1) is 9.48. The Balaban J connectivity index is 1.84. The molecule has 112 valence electrons. The summed E-state index contributed by atoms with van der Waals surface area (Å²) in [4.78, 5) is 0. The minimum absolute atomic E-state index is 0.0273. The maximum atomic E-state index is 11.9. The van der Waals surface area contributed by atoms with E-state index in [2.05, 4.69) is 16.9 Å². The molecule has 4 nitrogen and oxygen atoms in total. The number of hydrogen-bond donors (Lipinski definition) is 1. The van der Waals surface area contributed by atoms with Crippen molar-refractivity contribution >= 4 is 10.0 Å². The van der Waals surface area contributed by atoms with E-state index in [0.29, 0.717) is 12.5 Å². The average molecular weight is 297 g/mol. The predicted molar refractivity (Wildman–Crippen MR) is 80.4 cm³/mol. The molecule has 0 amide bonds. The van der Waals surface area contributed by atoms with Crippen LogP contribution >= 0.6 is 0 Å². The lowest BCUT2D eigenvalue weighted by molar-refractivity contribution is 0.0911. The number of nitrogens with one attached hydrogen (secondary N) is 1. The minimum Gasteiger partial charge on any atom is -0.378 e. The van der Waals surface area contributed by atoms with Crippen LogP contribution in [0.2, 0.25) is 0 Å². The van der Waals surface area contributed by atoms with E-state index in [0.717, 1.165) is 12.8 Å². The summed E-state index contributed by atoms with van der Waals surface area (Å²) in [7, 11) is -3.24. The SMILES string of the molecule is CC(C)OCCS(=O)(=O)NC[C@H]1CCc2ccccc21. The molecule has 1 aliphatic carbocycles. The van der Waals surface area contributed by atoms with Crippen LogP contribution in [0.5, 0.6) is 0 Å². The second kappa shape index (κ2) is 6.70. The molecule has 20 heavy (non-hydrogen) atoms. The summed E-state index contributed by atoms with van der Waals surface area (Å²) < 4.78 is 31.8. The van der Waals surface area contributed by atoms with Crippen LogP contribution < -0.4 is 4.72 Å². The van der Waals surface area contributed by atoms with Crippen LogP contribution in [0.25, 0.3) is 0 Å². The highest BCUT2D eigenvalue weighted by Gasteiger charge is 2.23. The molecule has 0 saturated heterocycles. The smallest absolute Gasteiger partial charge is 0.213 e. The van der Waals surface area contributed by atoms with E-state index in [9.17, 15) is 8.42 Å². The molecule has 1 aliphatic rings. The van der Waals surface area contributed by atoms with Crippen LogP contribution in [0, 0.1) is 0 Å². The maximum absolute atomic E-state index is 11.9. The summed E-state index contributed by atoms with van der Waals surface area (Å²) in [5.41, 5.74) is 2.63. The Hall–Kier alpha value is -0.910. The van der Waals surface area contributed by atoms with Crippen molar-refractivity contribution in [2.75, 3.05) is 18.9 Å². The number of fused-ring (bicyclic) bond motifs is 1. The van der Waals surface area contributed by atoms with Crippen molar-refractivity contribution in [2.24, 2.45) is 0 Å². The molecule has 0 aliphatic heterocycles. The van der Waals surface area contributed by atoms with Gasteiger partial charge in [0.25, 0.3) is 0 Å². The van der Waals surface area contributed by atoms with Gasteiger partial charge in [-0.3, -0.25) is 0 Å². The Labute approximate surface area is 121 Å². The van der Waals surface area contributed by atoms with Crippen LogP contribution in [0.3, 0.4) is 0 Å². The predicted octanol–water partition coefficient (Wildman–Crippen LogP) is 2.06. The van der Waals surface area contributed by atoms with E-state index in [4.69, 9.17) is 4.74 Å². The molecule has 0 saturated carbocycles. The Morgan fingerprint density at radius 3 is 2.85 bits per heavy atom. The molecule has 0 heterocycles. The molecular formula is C15H23NO3S. The lowest BCUT2D eigenvalue weighted by Gasteiger charge is -2.14. The summed E-state index contributed by atoms with van der Waals surface area (Å²) in [5.74, 6) is 0.325. The van der Waals surface area contributed by atoms with Gasteiger partial charge in [0, 0.05) is 6.54 Å².